The molecule has 0 bridgehead atoms. The summed E-state index contributed by atoms with van der Waals surface area (Å²) in [5.41, 5.74) is 8.18. The first-order valence-electron chi connectivity index (χ1n) is 13.8. The van der Waals surface area contributed by atoms with E-state index in [1.54, 1.807) is 0 Å². The maximum absolute atomic E-state index is 14.4. The fourth-order valence-electron chi connectivity index (χ4n) is 6.57. The number of hydrogen-bond donors (Lipinski definition) is 1. The predicted octanol–water partition coefficient (Wildman–Crippen LogP) is 7.93. The van der Waals surface area contributed by atoms with E-state index in [0.29, 0.717) is 10.8 Å². The zero-order valence-electron chi connectivity index (χ0n) is 22.6. The molecule has 0 aliphatic carbocycles. The lowest BCUT2D eigenvalue weighted by Gasteiger charge is -2.30. The summed E-state index contributed by atoms with van der Waals surface area (Å²) < 4.78 is 4.42. The molecular formula is C36H28N2O2. The van der Waals surface area contributed by atoms with E-state index in [9.17, 15) is 9.90 Å². The average Bonchev–Trinajstić information content (AvgIpc) is 3.30. The van der Waals surface area contributed by atoms with E-state index in [0.717, 1.165) is 50.1 Å². The first kappa shape index (κ1) is 23.2. The van der Waals surface area contributed by atoms with Crippen LogP contribution in [0.4, 0.5) is 0 Å². The Morgan fingerprint density at radius 1 is 0.625 bits per heavy atom. The van der Waals surface area contributed by atoms with Crippen LogP contribution in [0, 0.1) is 0 Å². The molecule has 1 aliphatic heterocycles. The Balaban J connectivity index is 1.54. The van der Waals surface area contributed by atoms with Gasteiger partial charge in [0.05, 0.1) is 27.8 Å². The third-order valence-electron chi connectivity index (χ3n) is 8.54. The molecule has 40 heavy (non-hydrogen) atoms. The van der Waals surface area contributed by atoms with E-state index >= 15 is 0 Å². The summed E-state index contributed by atoms with van der Waals surface area (Å²) in [6, 6.07) is 35.1. The predicted molar refractivity (Wildman–Crippen MR) is 164 cm³/mol. The standard InChI is InChI=1S/C36H28N2O2/c1-36(2,3)21-18-27-33-28(19-21)35(40)26-20-22(16-17-32(26)38(33)31-15-9-6-12-25(31)34(27)39)37-29-13-7-4-10-23(29)24-11-5-8-14-30(24)37/h4-20,34,39H,1-3H3. The van der Waals surface area contributed by atoms with Gasteiger partial charge in [-0.25, -0.2) is 0 Å². The molecule has 5 aromatic carbocycles. The van der Waals surface area contributed by atoms with E-state index in [4.69, 9.17) is 0 Å². The molecule has 1 unspecified atom stereocenters. The van der Waals surface area contributed by atoms with Crippen molar-refractivity contribution >= 4 is 43.6 Å². The normalized spacial score (nSPS) is 14.8. The van der Waals surface area contributed by atoms with Gasteiger partial charge in [0.1, 0.15) is 6.10 Å². The molecule has 4 heteroatoms. The van der Waals surface area contributed by atoms with Gasteiger partial charge < -0.3 is 14.2 Å². The Kier molecular flexibility index (Phi) is 4.61. The second kappa shape index (κ2) is 7.93. The van der Waals surface area contributed by atoms with E-state index < -0.39 is 6.10 Å². The summed E-state index contributed by atoms with van der Waals surface area (Å²) >= 11 is 0. The summed E-state index contributed by atoms with van der Waals surface area (Å²) in [6.07, 6.45) is -0.797. The molecule has 4 nitrogen and oxygen atoms in total. The lowest BCUT2D eigenvalue weighted by atomic mass is 9.82. The highest BCUT2D eigenvalue weighted by atomic mass is 16.3. The Morgan fingerprint density at radius 3 is 1.95 bits per heavy atom. The molecule has 1 aliphatic rings. The van der Waals surface area contributed by atoms with E-state index in [-0.39, 0.29) is 10.8 Å². The van der Waals surface area contributed by atoms with Crippen molar-refractivity contribution in [2.45, 2.75) is 32.3 Å². The molecule has 7 aromatic rings. The van der Waals surface area contributed by atoms with Gasteiger partial charge in [-0.2, -0.15) is 0 Å². The fraction of sp³-hybridized carbons (Fsp3) is 0.139. The molecular weight excluding hydrogens is 492 g/mol. The van der Waals surface area contributed by atoms with Crippen molar-refractivity contribution in [3.8, 4) is 11.4 Å². The fourth-order valence-corrected chi connectivity index (χ4v) is 6.57. The largest absolute Gasteiger partial charge is 0.383 e. The smallest absolute Gasteiger partial charge is 0.197 e. The Morgan fingerprint density at radius 2 is 1.25 bits per heavy atom. The van der Waals surface area contributed by atoms with Gasteiger partial charge >= 0.3 is 0 Å². The Bertz CT molecular complexity index is 2190. The number of aliphatic hydroxyl groups is 1. The van der Waals surface area contributed by atoms with Crippen LogP contribution >= 0.6 is 0 Å². The molecule has 0 saturated heterocycles. The second-order valence-corrected chi connectivity index (χ2v) is 11.9. The van der Waals surface area contributed by atoms with Gasteiger partial charge in [-0.15, -0.1) is 0 Å². The number of nitrogens with zero attached hydrogens (tertiary/aromatic N) is 2. The Labute approximate surface area is 231 Å². The maximum atomic E-state index is 14.4. The van der Waals surface area contributed by atoms with Crippen molar-refractivity contribution < 1.29 is 5.11 Å². The quantitative estimate of drug-likeness (QED) is 0.223. The molecule has 0 amide bonds. The van der Waals surface area contributed by atoms with Gasteiger partial charge in [-0.05, 0) is 53.4 Å². The average molecular weight is 521 g/mol. The number of aromatic nitrogens is 2. The molecule has 1 N–H and O–H groups in total. The van der Waals surface area contributed by atoms with E-state index in [2.05, 4.69) is 96.6 Å². The minimum absolute atomic E-state index is 0.0113. The van der Waals surface area contributed by atoms with E-state index in [1.807, 2.05) is 36.4 Å². The highest BCUT2D eigenvalue weighted by Gasteiger charge is 2.30. The van der Waals surface area contributed by atoms with Gasteiger partial charge in [-0.1, -0.05) is 81.4 Å². The van der Waals surface area contributed by atoms with Crippen LogP contribution in [-0.2, 0) is 5.41 Å². The second-order valence-electron chi connectivity index (χ2n) is 11.9. The number of rotatable bonds is 1. The summed E-state index contributed by atoms with van der Waals surface area (Å²) in [5, 5.41) is 15.2. The highest BCUT2D eigenvalue weighted by Crippen LogP contribution is 2.42. The molecule has 1 atom stereocenters. The van der Waals surface area contributed by atoms with Gasteiger partial charge in [0.2, 0.25) is 0 Å². The molecule has 0 radical (unpaired) electrons. The highest BCUT2D eigenvalue weighted by molar-refractivity contribution is 6.09. The van der Waals surface area contributed by atoms with Crippen molar-refractivity contribution in [1.29, 1.82) is 0 Å². The molecule has 8 rings (SSSR count). The Hall–Kier alpha value is -4.67. The van der Waals surface area contributed by atoms with Crippen LogP contribution in [0.1, 0.15) is 43.6 Å². The SMILES string of the molecule is CC(C)(C)c1cc2c3c(c1)c(=O)c1cc(-n4c5ccccc5c5ccccc54)ccc1n3-c1ccccc1C2O. The third kappa shape index (κ3) is 3.02. The van der Waals surface area contributed by atoms with Crippen molar-refractivity contribution in [3.63, 3.8) is 0 Å². The van der Waals surface area contributed by atoms with Crippen molar-refractivity contribution in [3.05, 3.63) is 130 Å². The van der Waals surface area contributed by atoms with Gasteiger partial charge in [0, 0.05) is 38.4 Å². The van der Waals surface area contributed by atoms with Crippen LogP contribution < -0.4 is 5.43 Å². The first-order valence-corrected chi connectivity index (χ1v) is 13.8. The van der Waals surface area contributed by atoms with E-state index in [1.165, 1.54) is 10.8 Å². The minimum Gasteiger partial charge on any atom is -0.383 e. The number of pyridine rings is 1. The molecule has 0 saturated carbocycles. The maximum Gasteiger partial charge on any atom is 0.197 e. The van der Waals surface area contributed by atoms with Crippen LogP contribution in [-0.4, -0.2) is 14.2 Å². The molecule has 0 fully saturated rings. The van der Waals surface area contributed by atoms with Crippen molar-refractivity contribution in [2.75, 3.05) is 0 Å². The minimum atomic E-state index is -0.797. The molecule has 0 spiro atoms. The van der Waals surface area contributed by atoms with Crippen LogP contribution in [0.25, 0.3) is 55.0 Å². The lowest BCUT2D eigenvalue weighted by molar-refractivity contribution is 0.219. The van der Waals surface area contributed by atoms with Gasteiger partial charge in [0.15, 0.2) is 5.43 Å². The van der Waals surface area contributed by atoms with Crippen LogP contribution in [0.5, 0.6) is 0 Å². The molecule has 3 heterocycles. The zero-order valence-corrected chi connectivity index (χ0v) is 22.6. The topological polar surface area (TPSA) is 47.2 Å². The lowest BCUT2D eigenvalue weighted by Crippen LogP contribution is -2.22. The third-order valence-corrected chi connectivity index (χ3v) is 8.54. The molecule has 2 aromatic heterocycles. The number of benzene rings is 5. The van der Waals surface area contributed by atoms with Crippen molar-refractivity contribution in [2.24, 2.45) is 0 Å². The number of aliphatic hydroxyl groups excluding tert-OH is 1. The van der Waals surface area contributed by atoms with Gasteiger partial charge in [0.25, 0.3) is 0 Å². The number of fused-ring (bicyclic) bond motifs is 7. The monoisotopic (exact) mass is 520 g/mol. The molecule has 194 valence electrons. The summed E-state index contributed by atoms with van der Waals surface area (Å²) in [6.45, 7) is 6.43. The summed E-state index contributed by atoms with van der Waals surface area (Å²) in [7, 11) is 0. The first-order chi connectivity index (χ1) is 19.3. The van der Waals surface area contributed by atoms with Gasteiger partial charge in [-0.3, -0.25) is 4.79 Å². The number of hydrogen-bond acceptors (Lipinski definition) is 2. The van der Waals surface area contributed by atoms with Crippen LogP contribution in [0.3, 0.4) is 0 Å². The summed E-state index contributed by atoms with van der Waals surface area (Å²) in [5.74, 6) is 0. The zero-order chi connectivity index (χ0) is 27.3. The van der Waals surface area contributed by atoms with Crippen molar-refractivity contribution in [1.82, 2.24) is 9.13 Å². The summed E-state index contributed by atoms with van der Waals surface area (Å²) in [4.78, 5) is 14.4. The van der Waals surface area contributed by atoms with Crippen LogP contribution in [0.2, 0.25) is 0 Å². The number of para-hydroxylation sites is 3. The van der Waals surface area contributed by atoms with Crippen LogP contribution in [0.15, 0.2) is 108 Å².